The Bertz CT molecular complexity index is 1260. The van der Waals surface area contributed by atoms with Crippen LogP contribution in [0, 0.1) is 0 Å². The van der Waals surface area contributed by atoms with Gasteiger partial charge in [-0.1, -0.05) is 17.8 Å². The molecule has 9 nitrogen and oxygen atoms in total. The molecule has 0 atom stereocenters. The third-order valence-corrected chi connectivity index (χ3v) is 5.65. The average Bonchev–Trinajstić information content (AvgIpc) is 3.32. The molecule has 0 spiro atoms. The number of aromatic nitrogens is 4. The van der Waals surface area contributed by atoms with Crippen molar-refractivity contribution in [1.82, 2.24) is 25.2 Å². The smallest absolute Gasteiger partial charge is 0.250 e. The molecule has 0 aliphatic carbocycles. The summed E-state index contributed by atoms with van der Waals surface area (Å²) in [5.74, 6) is 1.96. The molecule has 4 aromatic rings. The number of nitrogens with zero attached hydrogens (tertiary/aromatic N) is 5. The van der Waals surface area contributed by atoms with Crippen LogP contribution in [-0.4, -0.2) is 51.8 Å². The van der Waals surface area contributed by atoms with E-state index in [1.807, 2.05) is 65.2 Å². The first-order chi connectivity index (χ1) is 16.7. The summed E-state index contributed by atoms with van der Waals surface area (Å²) in [6.45, 7) is 0. The highest BCUT2D eigenvalue weighted by atomic mass is 32.2. The van der Waals surface area contributed by atoms with Gasteiger partial charge in [0.25, 0.3) is 5.91 Å². The largest absolute Gasteiger partial charge is 0.497 e. The summed E-state index contributed by atoms with van der Waals surface area (Å²) in [5.41, 5.74) is 4.86. The van der Waals surface area contributed by atoms with Crippen LogP contribution >= 0.6 is 11.8 Å². The first-order valence-electron chi connectivity index (χ1n) is 10.3. The Kier molecular flexibility index (Phi) is 7.51. The number of nitrogens with one attached hydrogen (secondary N) is 1. The lowest BCUT2D eigenvalue weighted by molar-refractivity contribution is -0.118. The summed E-state index contributed by atoms with van der Waals surface area (Å²) in [5, 5.41) is 13.3. The third-order valence-electron chi connectivity index (χ3n) is 4.72. The average molecular weight is 475 g/mol. The number of ether oxygens (including phenoxy) is 2. The van der Waals surface area contributed by atoms with Gasteiger partial charge in [-0.05, 0) is 60.7 Å². The van der Waals surface area contributed by atoms with Gasteiger partial charge < -0.3 is 9.47 Å². The molecule has 1 amide bonds. The third kappa shape index (κ3) is 5.59. The van der Waals surface area contributed by atoms with Crippen LogP contribution in [0.4, 0.5) is 0 Å². The molecule has 0 fully saturated rings. The molecule has 0 aliphatic rings. The predicted octanol–water partition coefficient (Wildman–Crippen LogP) is 3.59. The Hall–Kier alpha value is -4.18. The summed E-state index contributed by atoms with van der Waals surface area (Å²) in [4.78, 5) is 16.5. The van der Waals surface area contributed by atoms with Gasteiger partial charge in [-0.25, -0.2) is 5.43 Å². The monoisotopic (exact) mass is 474 g/mol. The number of rotatable bonds is 9. The Morgan fingerprint density at radius 1 is 1.00 bits per heavy atom. The molecule has 2 aromatic carbocycles. The predicted molar refractivity (Wildman–Crippen MR) is 131 cm³/mol. The number of hydrogen-bond donors (Lipinski definition) is 1. The van der Waals surface area contributed by atoms with Crippen LogP contribution in [0.1, 0.15) is 5.69 Å². The van der Waals surface area contributed by atoms with E-state index >= 15 is 0 Å². The normalized spacial score (nSPS) is 10.9. The van der Waals surface area contributed by atoms with Gasteiger partial charge in [-0.15, -0.1) is 10.2 Å². The van der Waals surface area contributed by atoms with Crippen molar-refractivity contribution in [3.63, 3.8) is 0 Å². The van der Waals surface area contributed by atoms with Crippen LogP contribution in [0.2, 0.25) is 0 Å². The summed E-state index contributed by atoms with van der Waals surface area (Å²) in [6.07, 6.45) is 3.15. The van der Waals surface area contributed by atoms with E-state index < -0.39 is 0 Å². The topological polar surface area (TPSA) is 104 Å². The van der Waals surface area contributed by atoms with Crippen LogP contribution in [0.25, 0.3) is 17.1 Å². The Morgan fingerprint density at radius 2 is 1.71 bits per heavy atom. The zero-order valence-electron chi connectivity index (χ0n) is 18.6. The number of methoxy groups -OCH3 is 2. The maximum atomic E-state index is 12.3. The Morgan fingerprint density at radius 3 is 2.35 bits per heavy atom. The molecule has 2 aromatic heterocycles. The molecule has 0 radical (unpaired) electrons. The molecule has 2 heterocycles. The number of pyridine rings is 1. The van der Waals surface area contributed by atoms with Crippen LogP contribution in [0.3, 0.4) is 0 Å². The zero-order chi connectivity index (χ0) is 23.8. The quantitative estimate of drug-likeness (QED) is 0.225. The fraction of sp³-hybridized carbons (Fsp3) is 0.125. The second kappa shape index (κ2) is 11.1. The molecule has 10 heteroatoms. The van der Waals surface area contributed by atoms with Crippen molar-refractivity contribution in [2.75, 3.05) is 20.0 Å². The van der Waals surface area contributed by atoms with Gasteiger partial charge in [0, 0.05) is 17.4 Å². The summed E-state index contributed by atoms with van der Waals surface area (Å²) in [6, 6.07) is 20.6. The number of amides is 1. The minimum atomic E-state index is -0.271. The zero-order valence-corrected chi connectivity index (χ0v) is 19.4. The Balaban J connectivity index is 1.54. The maximum absolute atomic E-state index is 12.3. The lowest BCUT2D eigenvalue weighted by Crippen LogP contribution is -2.20. The fourth-order valence-corrected chi connectivity index (χ4v) is 3.78. The van der Waals surface area contributed by atoms with E-state index in [4.69, 9.17) is 9.47 Å². The van der Waals surface area contributed by atoms with E-state index in [0.717, 1.165) is 22.7 Å². The van der Waals surface area contributed by atoms with E-state index in [9.17, 15) is 4.79 Å². The van der Waals surface area contributed by atoms with Crippen LogP contribution in [0.5, 0.6) is 11.5 Å². The molecule has 0 saturated carbocycles. The number of thioether (sulfide) groups is 1. The summed E-state index contributed by atoms with van der Waals surface area (Å²) >= 11 is 1.26. The minimum Gasteiger partial charge on any atom is -0.497 e. The molecule has 172 valence electrons. The van der Waals surface area contributed by atoms with E-state index in [1.54, 1.807) is 26.5 Å². The van der Waals surface area contributed by atoms with Crippen molar-refractivity contribution in [2.45, 2.75) is 5.16 Å². The van der Waals surface area contributed by atoms with Crippen molar-refractivity contribution in [1.29, 1.82) is 0 Å². The standard InChI is InChI=1S/C24H22N6O3S/c1-32-20-10-6-17(7-11-20)23-28-29-24(30(23)19-8-12-21(33-2)13-9-19)34-16-22(31)27-26-15-18-5-3-4-14-25-18/h3-15H,16H2,1-2H3,(H,27,31)/b26-15-. The van der Waals surface area contributed by atoms with Gasteiger partial charge in [0.15, 0.2) is 11.0 Å². The number of benzene rings is 2. The van der Waals surface area contributed by atoms with Gasteiger partial charge in [0.05, 0.1) is 31.9 Å². The van der Waals surface area contributed by atoms with Crippen molar-refractivity contribution in [3.8, 4) is 28.6 Å². The Labute approximate surface area is 200 Å². The highest BCUT2D eigenvalue weighted by molar-refractivity contribution is 7.99. The SMILES string of the molecule is COc1ccc(-c2nnc(SCC(=O)N/N=C\c3ccccn3)n2-c2ccc(OC)cc2)cc1. The molecule has 0 unspecified atom stereocenters. The number of carbonyl (C=O) groups excluding carboxylic acids is 1. The molecule has 0 bridgehead atoms. The van der Waals surface area contributed by atoms with Crippen molar-refractivity contribution in [2.24, 2.45) is 5.10 Å². The van der Waals surface area contributed by atoms with E-state index in [-0.39, 0.29) is 11.7 Å². The van der Waals surface area contributed by atoms with Gasteiger partial charge in [-0.2, -0.15) is 5.10 Å². The van der Waals surface area contributed by atoms with Gasteiger partial charge >= 0.3 is 0 Å². The number of carbonyl (C=O) groups is 1. The molecule has 1 N–H and O–H groups in total. The first-order valence-corrected chi connectivity index (χ1v) is 11.3. The summed E-state index contributed by atoms with van der Waals surface area (Å²) in [7, 11) is 3.24. The van der Waals surface area contributed by atoms with Gasteiger partial charge in [-0.3, -0.25) is 14.3 Å². The van der Waals surface area contributed by atoms with Crippen LogP contribution in [-0.2, 0) is 4.79 Å². The van der Waals surface area contributed by atoms with E-state index in [1.165, 1.54) is 18.0 Å². The highest BCUT2D eigenvalue weighted by Crippen LogP contribution is 2.29. The molecular weight excluding hydrogens is 452 g/mol. The second-order valence-electron chi connectivity index (χ2n) is 6.90. The van der Waals surface area contributed by atoms with Gasteiger partial charge in [0.2, 0.25) is 0 Å². The minimum absolute atomic E-state index is 0.108. The first kappa shape index (κ1) is 23.0. The van der Waals surface area contributed by atoms with Crippen LogP contribution < -0.4 is 14.9 Å². The number of hydrogen-bond acceptors (Lipinski definition) is 8. The van der Waals surface area contributed by atoms with Crippen molar-refractivity contribution in [3.05, 3.63) is 78.6 Å². The maximum Gasteiger partial charge on any atom is 0.250 e. The van der Waals surface area contributed by atoms with Gasteiger partial charge in [0.1, 0.15) is 11.5 Å². The molecule has 0 aliphatic heterocycles. The lowest BCUT2D eigenvalue weighted by Gasteiger charge is -2.11. The van der Waals surface area contributed by atoms with E-state index in [2.05, 4.69) is 25.7 Å². The summed E-state index contributed by atoms with van der Waals surface area (Å²) < 4.78 is 12.4. The molecule has 4 rings (SSSR count). The van der Waals surface area contributed by atoms with Crippen molar-refractivity contribution < 1.29 is 14.3 Å². The molecule has 34 heavy (non-hydrogen) atoms. The lowest BCUT2D eigenvalue weighted by atomic mass is 10.2. The van der Waals surface area contributed by atoms with Crippen LogP contribution in [0.15, 0.2) is 83.2 Å². The number of hydrazone groups is 1. The highest BCUT2D eigenvalue weighted by Gasteiger charge is 2.17. The van der Waals surface area contributed by atoms with E-state index in [0.29, 0.717) is 16.7 Å². The molecular formula is C24H22N6O3S. The fourth-order valence-electron chi connectivity index (χ4n) is 3.04. The van der Waals surface area contributed by atoms with Crippen molar-refractivity contribution >= 4 is 23.9 Å². The molecule has 0 saturated heterocycles. The second-order valence-corrected chi connectivity index (χ2v) is 7.85.